The van der Waals surface area contributed by atoms with Crippen molar-refractivity contribution in [3.05, 3.63) is 27.0 Å². The molecule has 1 unspecified atom stereocenters. The third kappa shape index (κ3) is 3.79. The Morgan fingerprint density at radius 1 is 1.43 bits per heavy atom. The molecule has 1 rings (SSSR count). The first-order valence-electron chi connectivity index (χ1n) is 6.10. The Bertz CT molecular complexity index is 735. The lowest BCUT2D eigenvalue weighted by Crippen LogP contribution is -2.53. The van der Waals surface area contributed by atoms with Gasteiger partial charge in [-0.2, -0.15) is 4.72 Å². The standard InChI is InChI=1S/C11H17N3O6S/c1-4-5-11(2,9(16)20-3)14-21(18,19)7-6-12-10(17)13-8(7)15/h6,14H,4-5H2,1-3H3,(H2,12,13,15,17). The number of H-pyrrole nitrogens is 2. The molecular weight excluding hydrogens is 302 g/mol. The lowest BCUT2D eigenvalue weighted by atomic mass is 9.98. The molecule has 1 heterocycles. The van der Waals surface area contributed by atoms with Crippen LogP contribution in [0.1, 0.15) is 26.7 Å². The summed E-state index contributed by atoms with van der Waals surface area (Å²) in [6, 6.07) is 0. The molecule has 1 atom stereocenters. The summed E-state index contributed by atoms with van der Waals surface area (Å²) in [5.41, 5.74) is -3.41. The van der Waals surface area contributed by atoms with E-state index in [0.717, 1.165) is 13.3 Å². The number of sulfonamides is 1. The smallest absolute Gasteiger partial charge is 0.326 e. The van der Waals surface area contributed by atoms with E-state index in [1.54, 1.807) is 11.9 Å². The number of rotatable bonds is 6. The first-order valence-corrected chi connectivity index (χ1v) is 7.59. The number of carbonyl (C=O) groups excluding carboxylic acids is 1. The summed E-state index contributed by atoms with van der Waals surface area (Å²) in [6.45, 7) is 3.13. The second-order valence-electron chi connectivity index (χ2n) is 4.62. The number of ether oxygens (including phenoxy) is 1. The minimum absolute atomic E-state index is 0.181. The van der Waals surface area contributed by atoms with E-state index in [-0.39, 0.29) is 6.42 Å². The molecule has 1 aromatic heterocycles. The highest BCUT2D eigenvalue weighted by Crippen LogP contribution is 2.17. The van der Waals surface area contributed by atoms with Crippen molar-refractivity contribution in [2.24, 2.45) is 0 Å². The van der Waals surface area contributed by atoms with E-state index in [4.69, 9.17) is 0 Å². The number of hydrogen-bond acceptors (Lipinski definition) is 6. The fourth-order valence-corrected chi connectivity index (χ4v) is 3.27. The molecule has 0 spiro atoms. The van der Waals surface area contributed by atoms with Crippen LogP contribution in [0.5, 0.6) is 0 Å². The SMILES string of the molecule is CCCC(C)(NS(=O)(=O)c1c[nH]c(=O)[nH]c1=O)C(=O)OC. The van der Waals surface area contributed by atoms with Crippen molar-refractivity contribution >= 4 is 16.0 Å². The second kappa shape index (κ2) is 6.22. The number of esters is 1. The number of aromatic nitrogens is 2. The maximum atomic E-state index is 12.2. The molecule has 0 fully saturated rings. The number of nitrogens with one attached hydrogen (secondary N) is 3. The molecule has 9 nitrogen and oxygen atoms in total. The third-order valence-electron chi connectivity index (χ3n) is 2.82. The largest absolute Gasteiger partial charge is 0.468 e. The number of carbonyl (C=O) groups is 1. The van der Waals surface area contributed by atoms with Crippen LogP contribution in [0.15, 0.2) is 20.7 Å². The highest BCUT2D eigenvalue weighted by Gasteiger charge is 2.39. The van der Waals surface area contributed by atoms with Crippen LogP contribution in [-0.2, 0) is 19.6 Å². The number of aromatic amines is 2. The summed E-state index contributed by atoms with van der Waals surface area (Å²) in [5, 5.41) is 0. The van der Waals surface area contributed by atoms with Crippen LogP contribution in [0.2, 0.25) is 0 Å². The number of hydrogen-bond donors (Lipinski definition) is 3. The third-order valence-corrected chi connectivity index (χ3v) is 4.42. The van der Waals surface area contributed by atoms with Crippen LogP contribution < -0.4 is 16.0 Å². The zero-order valence-electron chi connectivity index (χ0n) is 11.8. The van der Waals surface area contributed by atoms with Crippen LogP contribution in [-0.4, -0.2) is 37.0 Å². The Morgan fingerprint density at radius 3 is 2.52 bits per heavy atom. The van der Waals surface area contributed by atoms with Crippen molar-refractivity contribution in [2.45, 2.75) is 37.1 Å². The predicted molar refractivity (Wildman–Crippen MR) is 73.3 cm³/mol. The monoisotopic (exact) mass is 319 g/mol. The van der Waals surface area contributed by atoms with Gasteiger partial charge in [-0.25, -0.2) is 13.2 Å². The summed E-state index contributed by atoms with van der Waals surface area (Å²) in [5.74, 6) is -0.770. The van der Waals surface area contributed by atoms with Crippen LogP contribution in [0.3, 0.4) is 0 Å². The van der Waals surface area contributed by atoms with E-state index in [1.165, 1.54) is 6.92 Å². The summed E-state index contributed by atoms with van der Waals surface area (Å²) >= 11 is 0. The molecular formula is C11H17N3O6S. The van der Waals surface area contributed by atoms with Crippen molar-refractivity contribution in [3.8, 4) is 0 Å². The van der Waals surface area contributed by atoms with Crippen molar-refractivity contribution in [1.82, 2.24) is 14.7 Å². The van der Waals surface area contributed by atoms with Gasteiger partial charge in [0.15, 0.2) is 4.90 Å². The highest BCUT2D eigenvalue weighted by atomic mass is 32.2. The van der Waals surface area contributed by atoms with E-state index in [9.17, 15) is 22.8 Å². The molecule has 10 heteroatoms. The Kier molecular flexibility index (Phi) is 5.07. The molecule has 0 aliphatic heterocycles. The summed E-state index contributed by atoms with van der Waals surface area (Å²) in [4.78, 5) is 37.4. The Labute approximate surface area is 120 Å². The molecule has 0 radical (unpaired) electrons. The highest BCUT2D eigenvalue weighted by molar-refractivity contribution is 7.89. The average molecular weight is 319 g/mol. The van der Waals surface area contributed by atoms with Gasteiger partial charge in [-0.15, -0.1) is 0 Å². The molecule has 0 amide bonds. The first-order chi connectivity index (χ1) is 9.66. The van der Waals surface area contributed by atoms with Crippen LogP contribution in [0.25, 0.3) is 0 Å². The van der Waals surface area contributed by atoms with E-state index in [1.807, 2.05) is 0 Å². The molecule has 0 saturated carbocycles. The van der Waals surface area contributed by atoms with Gasteiger partial charge in [0.05, 0.1) is 7.11 Å². The Balaban J connectivity index is 3.27. The zero-order chi connectivity index (χ0) is 16.3. The lowest BCUT2D eigenvalue weighted by molar-refractivity contribution is -0.147. The van der Waals surface area contributed by atoms with E-state index < -0.39 is 37.7 Å². The summed E-state index contributed by atoms with van der Waals surface area (Å²) < 4.78 is 31.2. The topological polar surface area (TPSA) is 138 Å². The molecule has 3 N–H and O–H groups in total. The molecule has 0 aliphatic rings. The molecule has 0 bridgehead atoms. The van der Waals surface area contributed by atoms with Crippen molar-refractivity contribution in [1.29, 1.82) is 0 Å². The molecule has 118 valence electrons. The fourth-order valence-electron chi connectivity index (χ4n) is 1.87. The minimum atomic E-state index is -4.31. The first kappa shape index (κ1) is 17.1. The fraction of sp³-hybridized carbons (Fsp3) is 0.545. The molecule has 0 aliphatic carbocycles. The molecule has 0 saturated heterocycles. The number of methoxy groups -OCH3 is 1. The van der Waals surface area contributed by atoms with Gasteiger partial charge in [0, 0.05) is 6.20 Å². The lowest BCUT2D eigenvalue weighted by Gasteiger charge is -2.26. The predicted octanol–water partition coefficient (Wildman–Crippen LogP) is -0.927. The van der Waals surface area contributed by atoms with Crippen molar-refractivity contribution in [2.75, 3.05) is 7.11 Å². The van der Waals surface area contributed by atoms with Gasteiger partial charge in [0.1, 0.15) is 5.54 Å². The summed E-state index contributed by atoms with van der Waals surface area (Å²) in [6.07, 6.45) is 1.46. The maximum absolute atomic E-state index is 12.2. The van der Waals surface area contributed by atoms with Gasteiger partial charge < -0.3 is 9.72 Å². The molecule has 21 heavy (non-hydrogen) atoms. The van der Waals surface area contributed by atoms with E-state index in [0.29, 0.717) is 6.42 Å². The second-order valence-corrected chi connectivity index (χ2v) is 6.27. The van der Waals surface area contributed by atoms with Gasteiger partial charge in [-0.3, -0.25) is 14.6 Å². The zero-order valence-corrected chi connectivity index (χ0v) is 12.7. The van der Waals surface area contributed by atoms with Gasteiger partial charge >= 0.3 is 11.7 Å². The van der Waals surface area contributed by atoms with Gasteiger partial charge in [0.2, 0.25) is 10.0 Å². The van der Waals surface area contributed by atoms with Crippen LogP contribution >= 0.6 is 0 Å². The minimum Gasteiger partial charge on any atom is -0.468 e. The van der Waals surface area contributed by atoms with Crippen molar-refractivity contribution in [3.63, 3.8) is 0 Å². The van der Waals surface area contributed by atoms with E-state index in [2.05, 4.69) is 14.4 Å². The maximum Gasteiger partial charge on any atom is 0.326 e. The Hall–Kier alpha value is -1.94. The molecule has 0 aromatic carbocycles. The summed E-state index contributed by atoms with van der Waals surface area (Å²) in [7, 11) is -3.17. The van der Waals surface area contributed by atoms with Crippen LogP contribution in [0, 0.1) is 0 Å². The molecule has 1 aromatic rings. The normalized spacial score (nSPS) is 14.4. The van der Waals surface area contributed by atoms with E-state index >= 15 is 0 Å². The van der Waals surface area contributed by atoms with Gasteiger partial charge in [-0.05, 0) is 13.3 Å². The van der Waals surface area contributed by atoms with Gasteiger partial charge in [-0.1, -0.05) is 13.3 Å². The Morgan fingerprint density at radius 2 is 2.05 bits per heavy atom. The van der Waals surface area contributed by atoms with Crippen molar-refractivity contribution < 1.29 is 17.9 Å². The van der Waals surface area contributed by atoms with Gasteiger partial charge in [0.25, 0.3) is 5.56 Å². The quantitative estimate of drug-likeness (QED) is 0.579. The van der Waals surface area contributed by atoms with Crippen LogP contribution in [0.4, 0.5) is 0 Å². The average Bonchev–Trinajstić information content (AvgIpc) is 2.36.